The van der Waals surface area contributed by atoms with Crippen LogP contribution in [-0.4, -0.2) is 82.3 Å². The van der Waals surface area contributed by atoms with Crippen molar-refractivity contribution >= 4 is 17.9 Å². The Hall–Kier alpha value is -2.75. The molecular weight excluding hydrogens is 1030 g/mol. The topological polar surface area (TPSA) is 111 Å². The Labute approximate surface area is 514 Å². The molecule has 0 aliphatic heterocycles. The summed E-state index contributed by atoms with van der Waals surface area (Å²) in [6.07, 6.45) is 80.6. The van der Waals surface area contributed by atoms with Crippen molar-refractivity contribution in [3.63, 3.8) is 0 Å². The highest BCUT2D eigenvalue weighted by atomic mass is 16.7. The highest BCUT2D eigenvalue weighted by molar-refractivity contribution is 5.70. The van der Waals surface area contributed by atoms with Gasteiger partial charge in [-0.05, 0) is 51.4 Å². The number of rotatable bonds is 67. The summed E-state index contributed by atoms with van der Waals surface area (Å²) in [7, 11) is 5.94. The van der Waals surface area contributed by atoms with E-state index < -0.39 is 24.3 Å². The molecule has 0 spiro atoms. The summed E-state index contributed by atoms with van der Waals surface area (Å²) >= 11 is 0. The molecule has 0 N–H and O–H groups in total. The highest BCUT2D eigenvalue weighted by Crippen LogP contribution is 2.19. The molecule has 9 nitrogen and oxygen atoms in total. The summed E-state index contributed by atoms with van der Waals surface area (Å²) in [6.45, 7) is 4.70. The molecule has 0 aromatic rings. The molecule has 0 saturated heterocycles. The van der Waals surface area contributed by atoms with Gasteiger partial charge in [-0.3, -0.25) is 9.59 Å². The first-order chi connectivity index (χ1) is 40.6. The second-order valence-electron chi connectivity index (χ2n) is 25.5. The number of carboxylic acids is 1. The first kappa shape index (κ1) is 80.2. The SMILES string of the molecule is CC/C=C\C/C=C\C/C=C\C/C=C\CCCCCCCCCCCCCCCCC(=O)OC(COC(=O)CCCCCCCCCCCCCCCCCCCCCCCCCCCCCCCCC)COC(OCC[N+](C)(C)C)C(=O)[O-]. The van der Waals surface area contributed by atoms with Gasteiger partial charge in [0.25, 0.3) is 0 Å². The summed E-state index contributed by atoms with van der Waals surface area (Å²) in [4.78, 5) is 37.5. The minimum absolute atomic E-state index is 0.149. The predicted molar refractivity (Wildman–Crippen MR) is 352 cm³/mol. The third-order valence-corrected chi connectivity index (χ3v) is 16.1. The first-order valence-corrected chi connectivity index (χ1v) is 35.8. The number of unbranched alkanes of at least 4 members (excludes halogenated alkanes) is 44. The van der Waals surface area contributed by atoms with Crippen LogP contribution in [0.1, 0.15) is 348 Å². The Balaban J connectivity index is 4.05. The number of carboxylic acid groups (broad SMARTS) is 1. The molecule has 0 amide bonds. The van der Waals surface area contributed by atoms with Crippen molar-refractivity contribution in [1.82, 2.24) is 0 Å². The van der Waals surface area contributed by atoms with Crippen LogP contribution in [0.5, 0.6) is 0 Å². The molecule has 0 aromatic heterocycles. The average molecular weight is 1170 g/mol. The number of quaternary nitrogens is 1. The Morgan fingerprint density at radius 1 is 0.373 bits per heavy atom. The molecule has 0 aromatic carbocycles. The van der Waals surface area contributed by atoms with Crippen LogP contribution in [0, 0.1) is 0 Å². The maximum atomic E-state index is 12.9. The van der Waals surface area contributed by atoms with Gasteiger partial charge in [0.2, 0.25) is 0 Å². The van der Waals surface area contributed by atoms with Crippen LogP contribution in [-0.2, 0) is 33.3 Å². The summed E-state index contributed by atoms with van der Waals surface area (Å²) in [5, 5.41) is 11.8. The smallest absolute Gasteiger partial charge is 0.306 e. The molecule has 0 saturated carbocycles. The number of ether oxygens (including phenoxy) is 4. The molecule has 0 rings (SSSR count). The van der Waals surface area contributed by atoms with E-state index in [2.05, 4.69) is 62.5 Å². The zero-order valence-corrected chi connectivity index (χ0v) is 55.6. The Morgan fingerprint density at radius 3 is 1.02 bits per heavy atom. The van der Waals surface area contributed by atoms with Crippen molar-refractivity contribution in [1.29, 1.82) is 0 Å². The number of carbonyl (C=O) groups excluding carboxylic acids is 3. The lowest BCUT2D eigenvalue weighted by Crippen LogP contribution is -2.44. The number of allylic oxidation sites excluding steroid dienone is 8. The van der Waals surface area contributed by atoms with Gasteiger partial charge < -0.3 is 33.3 Å². The fourth-order valence-corrected chi connectivity index (χ4v) is 10.7. The third-order valence-electron chi connectivity index (χ3n) is 16.1. The third kappa shape index (κ3) is 66.6. The van der Waals surface area contributed by atoms with Gasteiger partial charge in [-0.1, -0.05) is 332 Å². The average Bonchev–Trinajstić information content (AvgIpc) is 3.46. The molecule has 0 heterocycles. The summed E-state index contributed by atoms with van der Waals surface area (Å²) < 4.78 is 22.8. The molecule has 2 unspecified atom stereocenters. The van der Waals surface area contributed by atoms with Gasteiger partial charge >= 0.3 is 11.9 Å². The van der Waals surface area contributed by atoms with Gasteiger partial charge in [0, 0.05) is 12.8 Å². The monoisotopic (exact) mass is 1170 g/mol. The first-order valence-electron chi connectivity index (χ1n) is 35.8. The quantitative estimate of drug-likeness (QED) is 0.0195. The fraction of sp³-hybridized carbons (Fsp3) is 0.851. The number of esters is 2. The van der Waals surface area contributed by atoms with E-state index in [-0.39, 0.29) is 32.2 Å². The number of hydrogen-bond donors (Lipinski definition) is 0. The van der Waals surface area contributed by atoms with E-state index in [0.29, 0.717) is 23.9 Å². The van der Waals surface area contributed by atoms with Crippen LogP contribution in [0.4, 0.5) is 0 Å². The second kappa shape index (κ2) is 65.2. The van der Waals surface area contributed by atoms with E-state index in [0.717, 1.165) is 57.8 Å². The van der Waals surface area contributed by atoms with Crippen molar-refractivity contribution in [3.8, 4) is 0 Å². The highest BCUT2D eigenvalue weighted by Gasteiger charge is 2.22. The van der Waals surface area contributed by atoms with Crippen LogP contribution in [0.3, 0.4) is 0 Å². The van der Waals surface area contributed by atoms with Crippen LogP contribution in [0.15, 0.2) is 48.6 Å². The molecule has 0 fully saturated rings. The Bertz CT molecular complexity index is 1500. The molecule has 0 radical (unpaired) electrons. The zero-order chi connectivity index (χ0) is 60.5. The number of hydrogen-bond acceptors (Lipinski definition) is 8. The van der Waals surface area contributed by atoms with Gasteiger partial charge in [-0.2, -0.15) is 0 Å². The minimum Gasteiger partial charge on any atom is -0.545 e. The number of aliphatic carboxylic acids is 1. The molecular formula is C74H137NO8. The van der Waals surface area contributed by atoms with Crippen molar-refractivity contribution < 1.29 is 42.9 Å². The minimum atomic E-state index is -1.62. The van der Waals surface area contributed by atoms with Gasteiger partial charge in [-0.15, -0.1) is 0 Å². The largest absolute Gasteiger partial charge is 0.545 e. The number of nitrogens with zero attached hydrogens (tertiary/aromatic N) is 1. The van der Waals surface area contributed by atoms with E-state index >= 15 is 0 Å². The second-order valence-corrected chi connectivity index (χ2v) is 25.5. The van der Waals surface area contributed by atoms with Crippen molar-refractivity contribution in [2.24, 2.45) is 0 Å². The molecule has 2 atom stereocenters. The van der Waals surface area contributed by atoms with Gasteiger partial charge in [0.15, 0.2) is 12.4 Å². The maximum Gasteiger partial charge on any atom is 0.306 e. The lowest BCUT2D eigenvalue weighted by Gasteiger charge is -2.26. The van der Waals surface area contributed by atoms with Crippen LogP contribution in [0.2, 0.25) is 0 Å². The van der Waals surface area contributed by atoms with Crippen LogP contribution >= 0.6 is 0 Å². The van der Waals surface area contributed by atoms with Crippen molar-refractivity contribution in [2.45, 2.75) is 360 Å². The van der Waals surface area contributed by atoms with E-state index in [1.54, 1.807) is 0 Å². The van der Waals surface area contributed by atoms with E-state index in [1.807, 2.05) is 21.1 Å². The molecule has 0 aliphatic carbocycles. The van der Waals surface area contributed by atoms with E-state index in [1.165, 1.54) is 257 Å². The number of likely N-dealkylation sites (N-methyl/N-ethyl adjacent to an activating group) is 1. The number of carbonyl (C=O) groups is 3. The summed E-state index contributed by atoms with van der Waals surface area (Å²) in [6, 6.07) is 0. The van der Waals surface area contributed by atoms with Gasteiger partial charge in [0.05, 0.1) is 40.3 Å². The van der Waals surface area contributed by atoms with Gasteiger partial charge in [0.1, 0.15) is 13.2 Å². The summed E-state index contributed by atoms with van der Waals surface area (Å²) in [5.74, 6) is -2.26. The van der Waals surface area contributed by atoms with Crippen LogP contribution in [0.25, 0.3) is 0 Å². The molecule has 83 heavy (non-hydrogen) atoms. The lowest BCUT2D eigenvalue weighted by molar-refractivity contribution is -0.870. The molecule has 486 valence electrons. The normalized spacial score (nSPS) is 12.9. The van der Waals surface area contributed by atoms with E-state index in [9.17, 15) is 19.5 Å². The molecule has 9 heteroatoms. The van der Waals surface area contributed by atoms with Crippen molar-refractivity contribution in [3.05, 3.63) is 48.6 Å². The zero-order valence-electron chi connectivity index (χ0n) is 55.6. The Kier molecular flexibility index (Phi) is 63.1. The predicted octanol–water partition coefficient (Wildman–Crippen LogP) is 20.8. The van der Waals surface area contributed by atoms with E-state index in [4.69, 9.17) is 18.9 Å². The molecule has 0 aliphatic rings. The van der Waals surface area contributed by atoms with Crippen molar-refractivity contribution in [2.75, 3.05) is 47.5 Å². The van der Waals surface area contributed by atoms with Gasteiger partial charge in [-0.25, -0.2) is 0 Å². The Morgan fingerprint density at radius 2 is 0.687 bits per heavy atom. The summed E-state index contributed by atoms with van der Waals surface area (Å²) in [5.41, 5.74) is 0. The molecule has 0 bridgehead atoms. The maximum absolute atomic E-state index is 12.9. The fourth-order valence-electron chi connectivity index (χ4n) is 10.7. The lowest BCUT2D eigenvalue weighted by atomic mass is 10.0. The standard InChI is InChI=1S/C74H137NO8/c1-6-8-10-12-14-16-18-20-22-24-26-28-30-32-34-35-36-37-39-40-42-44-46-48-50-52-54-56-58-60-62-64-71(76)81-68-70(69-82-74(73(78)79)80-67-66-75(3,4)5)83-72(77)65-63-61-59-57-55-53-51-49-47-45-43-41-38-33-31-29-27-25-23-21-19-17-15-13-11-9-7-2/h9,11,15,17,21,23,27,29,70,74H,6-8,10,12-14,16,18-20,22,24-26,28,30-69H2,1-5H3/b11-9-,17-15-,23-21-,29-27-. The van der Waals surface area contributed by atoms with Crippen LogP contribution < -0.4 is 5.11 Å².